The zero-order valence-electron chi connectivity index (χ0n) is 12.9. The number of rotatable bonds is 2. The van der Waals surface area contributed by atoms with Crippen molar-refractivity contribution in [2.24, 2.45) is 5.92 Å². The third-order valence-electron chi connectivity index (χ3n) is 5.14. The molecule has 0 bridgehead atoms. The molecule has 1 aliphatic rings. The van der Waals surface area contributed by atoms with Crippen molar-refractivity contribution >= 4 is 11.6 Å². The van der Waals surface area contributed by atoms with Crippen LogP contribution < -0.4 is 0 Å². The Bertz CT molecular complexity index is 464. The van der Waals surface area contributed by atoms with Crippen molar-refractivity contribution in [3.8, 4) is 0 Å². The van der Waals surface area contributed by atoms with Gasteiger partial charge in [0.1, 0.15) is 0 Å². The number of hydrogen-bond acceptors (Lipinski definition) is 1. The molecule has 0 aliphatic carbocycles. The van der Waals surface area contributed by atoms with Crippen molar-refractivity contribution in [2.75, 3.05) is 6.61 Å². The van der Waals surface area contributed by atoms with Gasteiger partial charge in [-0.15, -0.1) is 11.6 Å². The highest BCUT2D eigenvalue weighted by atomic mass is 35.5. The maximum absolute atomic E-state index is 6.83. The van der Waals surface area contributed by atoms with Gasteiger partial charge in [-0.1, -0.05) is 0 Å². The minimum Gasteiger partial charge on any atom is -0.378 e. The summed E-state index contributed by atoms with van der Waals surface area (Å²) >= 11 is 6.83. The molecule has 0 aromatic heterocycles. The smallest absolute Gasteiger partial charge is 0.0644 e. The number of halogens is 1. The Kier molecular flexibility index (Phi) is 4.27. The predicted molar refractivity (Wildman–Crippen MR) is 82.2 cm³/mol. The van der Waals surface area contributed by atoms with Gasteiger partial charge >= 0.3 is 0 Å². The molecule has 0 N–H and O–H groups in total. The van der Waals surface area contributed by atoms with Crippen molar-refractivity contribution in [3.05, 3.63) is 33.4 Å². The molecule has 0 saturated carbocycles. The second kappa shape index (κ2) is 5.46. The zero-order chi connectivity index (χ0) is 14.3. The quantitative estimate of drug-likeness (QED) is 0.698. The van der Waals surface area contributed by atoms with Crippen LogP contribution in [0.25, 0.3) is 0 Å². The number of benzene rings is 1. The van der Waals surface area contributed by atoms with E-state index in [9.17, 15) is 0 Å². The SMILES string of the molecule is Cc1c(C)c(C)c(C(Cl)C2CCOC2C)c(C)c1C. The summed E-state index contributed by atoms with van der Waals surface area (Å²) in [4.78, 5) is 0. The van der Waals surface area contributed by atoms with Gasteiger partial charge in [0.25, 0.3) is 0 Å². The van der Waals surface area contributed by atoms with Crippen LogP contribution in [0, 0.1) is 40.5 Å². The molecule has 1 fully saturated rings. The highest BCUT2D eigenvalue weighted by Crippen LogP contribution is 2.42. The molecular weight excluding hydrogens is 256 g/mol. The van der Waals surface area contributed by atoms with Crippen LogP contribution in [0.2, 0.25) is 0 Å². The molecule has 1 nitrogen and oxygen atoms in total. The molecule has 19 heavy (non-hydrogen) atoms. The molecule has 3 atom stereocenters. The average molecular weight is 281 g/mol. The van der Waals surface area contributed by atoms with Crippen molar-refractivity contribution in [1.29, 1.82) is 0 Å². The molecule has 0 radical (unpaired) electrons. The lowest BCUT2D eigenvalue weighted by molar-refractivity contribution is 0.105. The molecule has 2 heteroatoms. The van der Waals surface area contributed by atoms with Crippen LogP contribution in [0.4, 0.5) is 0 Å². The van der Waals surface area contributed by atoms with E-state index in [-0.39, 0.29) is 11.5 Å². The van der Waals surface area contributed by atoms with Crippen LogP contribution >= 0.6 is 11.6 Å². The zero-order valence-corrected chi connectivity index (χ0v) is 13.7. The minimum absolute atomic E-state index is 0.0653. The van der Waals surface area contributed by atoms with Crippen LogP contribution in [0.1, 0.15) is 52.1 Å². The fourth-order valence-electron chi connectivity index (χ4n) is 3.29. The van der Waals surface area contributed by atoms with E-state index in [2.05, 4.69) is 41.5 Å². The molecule has 1 saturated heterocycles. The molecule has 2 rings (SSSR count). The van der Waals surface area contributed by atoms with Gasteiger partial charge in [0.05, 0.1) is 11.5 Å². The van der Waals surface area contributed by atoms with Gasteiger partial charge in [0.2, 0.25) is 0 Å². The van der Waals surface area contributed by atoms with Gasteiger partial charge in [-0.2, -0.15) is 0 Å². The Balaban J connectivity index is 2.50. The first kappa shape index (κ1) is 14.9. The third kappa shape index (κ3) is 2.43. The highest BCUT2D eigenvalue weighted by Gasteiger charge is 2.33. The molecular formula is C17H25ClO. The number of ether oxygens (including phenoxy) is 1. The maximum Gasteiger partial charge on any atom is 0.0644 e. The first-order chi connectivity index (χ1) is 8.86. The summed E-state index contributed by atoms with van der Waals surface area (Å²) in [6, 6.07) is 0. The lowest BCUT2D eigenvalue weighted by Crippen LogP contribution is -2.19. The lowest BCUT2D eigenvalue weighted by Gasteiger charge is -2.27. The van der Waals surface area contributed by atoms with E-state index in [1.165, 1.54) is 33.4 Å². The van der Waals surface area contributed by atoms with Crippen LogP contribution in [-0.4, -0.2) is 12.7 Å². The summed E-state index contributed by atoms with van der Waals surface area (Å²) in [5, 5.41) is 0.0653. The standard InChI is InChI=1S/C17H25ClO/c1-9-10(2)12(4)16(13(5)11(9)3)17(18)15-7-8-19-14(15)6/h14-15,17H,7-8H2,1-6H3. The van der Waals surface area contributed by atoms with Crippen molar-refractivity contribution < 1.29 is 4.74 Å². The molecule has 1 heterocycles. The monoisotopic (exact) mass is 280 g/mol. The predicted octanol–water partition coefficient (Wildman–Crippen LogP) is 4.93. The van der Waals surface area contributed by atoms with Crippen LogP contribution in [0.3, 0.4) is 0 Å². The van der Waals surface area contributed by atoms with E-state index in [0.717, 1.165) is 13.0 Å². The topological polar surface area (TPSA) is 9.23 Å². The Morgan fingerprint density at radius 1 is 0.947 bits per heavy atom. The highest BCUT2D eigenvalue weighted by molar-refractivity contribution is 6.21. The Labute approximate surface area is 122 Å². The van der Waals surface area contributed by atoms with E-state index in [1.54, 1.807) is 0 Å². The van der Waals surface area contributed by atoms with Gasteiger partial charge in [-0.3, -0.25) is 0 Å². The fraction of sp³-hybridized carbons (Fsp3) is 0.647. The van der Waals surface area contributed by atoms with Gasteiger partial charge in [0.15, 0.2) is 0 Å². The van der Waals surface area contributed by atoms with Crippen molar-refractivity contribution in [3.63, 3.8) is 0 Å². The van der Waals surface area contributed by atoms with Crippen molar-refractivity contribution in [1.82, 2.24) is 0 Å². The van der Waals surface area contributed by atoms with Crippen LogP contribution in [-0.2, 0) is 4.74 Å². The normalized spacial score (nSPS) is 24.8. The number of hydrogen-bond donors (Lipinski definition) is 0. The number of alkyl halides is 1. The van der Waals surface area contributed by atoms with E-state index < -0.39 is 0 Å². The summed E-state index contributed by atoms with van der Waals surface area (Å²) < 4.78 is 5.69. The third-order valence-corrected chi connectivity index (χ3v) is 5.69. The van der Waals surface area contributed by atoms with E-state index in [1.807, 2.05) is 0 Å². The van der Waals surface area contributed by atoms with Crippen LogP contribution in [0.15, 0.2) is 0 Å². The van der Waals surface area contributed by atoms with E-state index in [0.29, 0.717) is 5.92 Å². The van der Waals surface area contributed by atoms with Gasteiger partial charge in [-0.25, -0.2) is 0 Å². The summed E-state index contributed by atoms with van der Waals surface area (Å²) in [5.41, 5.74) is 8.23. The maximum atomic E-state index is 6.83. The average Bonchev–Trinajstić information content (AvgIpc) is 2.80. The molecule has 1 aromatic carbocycles. The minimum atomic E-state index is 0.0653. The fourth-order valence-corrected chi connectivity index (χ4v) is 3.95. The van der Waals surface area contributed by atoms with E-state index >= 15 is 0 Å². The summed E-state index contributed by atoms with van der Waals surface area (Å²) in [6.45, 7) is 14.0. The Morgan fingerprint density at radius 2 is 1.42 bits per heavy atom. The summed E-state index contributed by atoms with van der Waals surface area (Å²) in [7, 11) is 0. The second-order valence-corrected chi connectivity index (χ2v) is 6.44. The summed E-state index contributed by atoms with van der Waals surface area (Å²) in [6.07, 6.45) is 1.34. The lowest BCUT2D eigenvalue weighted by atomic mass is 9.83. The summed E-state index contributed by atoms with van der Waals surface area (Å²) in [5.74, 6) is 0.431. The first-order valence-corrected chi connectivity index (χ1v) is 7.62. The molecule has 0 spiro atoms. The Hall–Kier alpha value is -0.530. The van der Waals surface area contributed by atoms with E-state index in [4.69, 9.17) is 16.3 Å². The van der Waals surface area contributed by atoms with Crippen LogP contribution in [0.5, 0.6) is 0 Å². The Morgan fingerprint density at radius 3 is 1.84 bits per heavy atom. The molecule has 1 aromatic rings. The van der Waals surface area contributed by atoms with Gasteiger partial charge in [-0.05, 0) is 81.3 Å². The van der Waals surface area contributed by atoms with Gasteiger partial charge in [0, 0.05) is 12.5 Å². The van der Waals surface area contributed by atoms with Crippen molar-refractivity contribution in [2.45, 2.75) is 59.4 Å². The molecule has 1 aliphatic heterocycles. The largest absolute Gasteiger partial charge is 0.378 e. The second-order valence-electron chi connectivity index (χ2n) is 5.97. The molecule has 0 amide bonds. The van der Waals surface area contributed by atoms with Gasteiger partial charge < -0.3 is 4.74 Å². The molecule has 3 unspecified atom stereocenters. The first-order valence-electron chi connectivity index (χ1n) is 7.18. The molecule has 106 valence electrons.